The zero-order valence-corrected chi connectivity index (χ0v) is 15.0. The summed E-state index contributed by atoms with van der Waals surface area (Å²) in [6.45, 7) is 7.75. The van der Waals surface area contributed by atoms with Gasteiger partial charge in [-0.2, -0.15) is 0 Å². The summed E-state index contributed by atoms with van der Waals surface area (Å²) in [5.41, 5.74) is 2.12. The number of piperidine rings is 2. The van der Waals surface area contributed by atoms with Gasteiger partial charge in [-0.1, -0.05) is 18.0 Å². The van der Waals surface area contributed by atoms with Gasteiger partial charge in [0.1, 0.15) is 5.76 Å². The lowest BCUT2D eigenvalue weighted by Crippen LogP contribution is -2.59. The fourth-order valence-electron chi connectivity index (χ4n) is 4.91. The van der Waals surface area contributed by atoms with Crippen LogP contribution in [0.25, 0.3) is 0 Å². The van der Waals surface area contributed by atoms with Gasteiger partial charge >= 0.3 is 0 Å². The first kappa shape index (κ1) is 16.1. The lowest BCUT2D eigenvalue weighted by molar-refractivity contribution is -0.146. The molecule has 1 aromatic rings. The van der Waals surface area contributed by atoms with Crippen LogP contribution in [0.15, 0.2) is 4.52 Å². The molecule has 4 rings (SSSR count). The van der Waals surface area contributed by atoms with E-state index in [0.29, 0.717) is 11.8 Å². The van der Waals surface area contributed by atoms with E-state index in [1.807, 2.05) is 13.8 Å². The molecule has 0 radical (unpaired) electrons. The minimum absolute atomic E-state index is 0.0626. The summed E-state index contributed by atoms with van der Waals surface area (Å²) >= 11 is 0. The average molecular weight is 331 g/mol. The van der Waals surface area contributed by atoms with Crippen molar-refractivity contribution in [2.24, 2.45) is 11.8 Å². The quantitative estimate of drug-likeness (QED) is 0.851. The van der Waals surface area contributed by atoms with Crippen LogP contribution in [-0.4, -0.2) is 46.5 Å². The van der Waals surface area contributed by atoms with Gasteiger partial charge in [-0.05, 0) is 57.9 Å². The van der Waals surface area contributed by atoms with E-state index in [1.165, 1.54) is 32.1 Å². The first-order chi connectivity index (χ1) is 11.6. The van der Waals surface area contributed by atoms with Crippen LogP contribution < -0.4 is 0 Å². The highest BCUT2D eigenvalue weighted by atomic mass is 16.5. The number of rotatable bonds is 4. The van der Waals surface area contributed by atoms with Gasteiger partial charge in [0.05, 0.1) is 11.7 Å². The Balaban J connectivity index is 1.47. The minimum atomic E-state index is 0.0626. The maximum absolute atomic E-state index is 13.1. The van der Waals surface area contributed by atoms with Gasteiger partial charge in [0.15, 0.2) is 0 Å². The Morgan fingerprint density at radius 2 is 2.00 bits per heavy atom. The van der Waals surface area contributed by atoms with E-state index in [-0.39, 0.29) is 6.04 Å². The Bertz CT molecular complexity index is 586. The molecule has 3 aliphatic rings. The summed E-state index contributed by atoms with van der Waals surface area (Å²) in [4.78, 5) is 17.6. The van der Waals surface area contributed by atoms with Gasteiger partial charge in [0.2, 0.25) is 5.91 Å². The van der Waals surface area contributed by atoms with Gasteiger partial charge < -0.3 is 9.42 Å². The molecule has 2 bridgehead atoms. The number of aryl methyl sites for hydroxylation is 2. The Kier molecular flexibility index (Phi) is 4.37. The first-order valence-electron chi connectivity index (χ1n) is 9.56. The summed E-state index contributed by atoms with van der Waals surface area (Å²) in [7, 11) is 0. The smallest absolute Gasteiger partial charge is 0.239 e. The number of carbonyl (C=O) groups is 1. The van der Waals surface area contributed by atoms with Crippen LogP contribution in [0.2, 0.25) is 0 Å². The molecule has 0 aromatic carbocycles. The minimum Gasteiger partial charge on any atom is -0.361 e. The van der Waals surface area contributed by atoms with Crippen molar-refractivity contribution in [3.63, 3.8) is 0 Å². The standard InChI is InChI=1S/C19H29N3O2/c1-13-17(14(2)24-20-13)12-21-8-7-16-9-18(21)19(23)22(11-16)10-15-5-3-4-6-15/h15-16,18H,3-12H2,1-2H3/t16-,18+/m0/s1. The molecule has 3 heterocycles. The SMILES string of the molecule is Cc1noc(C)c1CN1CC[C@H]2C[C@@H]1C(=O)N(CC1CCCC1)C2. The van der Waals surface area contributed by atoms with Crippen molar-refractivity contribution in [2.45, 2.75) is 65.0 Å². The fraction of sp³-hybridized carbons (Fsp3) is 0.789. The molecule has 0 N–H and O–H groups in total. The van der Waals surface area contributed by atoms with Crippen molar-refractivity contribution >= 4 is 5.91 Å². The molecule has 2 saturated heterocycles. The number of amides is 1. The molecule has 0 spiro atoms. The van der Waals surface area contributed by atoms with E-state index in [4.69, 9.17) is 4.52 Å². The van der Waals surface area contributed by atoms with E-state index in [2.05, 4.69) is 15.0 Å². The summed E-state index contributed by atoms with van der Waals surface area (Å²) < 4.78 is 5.31. The summed E-state index contributed by atoms with van der Waals surface area (Å²) in [5, 5.41) is 4.07. The molecule has 1 aromatic heterocycles. The highest BCUT2D eigenvalue weighted by molar-refractivity contribution is 5.83. The van der Waals surface area contributed by atoms with Crippen LogP contribution in [0, 0.1) is 25.7 Å². The average Bonchev–Trinajstić information content (AvgIpc) is 3.19. The molecule has 3 fully saturated rings. The van der Waals surface area contributed by atoms with Gasteiger partial charge in [0.25, 0.3) is 0 Å². The van der Waals surface area contributed by atoms with E-state index in [9.17, 15) is 4.79 Å². The zero-order chi connectivity index (χ0) is 16.7. The van der Waals surface area contributed by atoms with E-state index >= 15 is 0 Å². The number of carbonyl (C=O) groups excluding carboxylic acids is 1. The number of aromatic nitrogens is 1. The maximum Gasteiger partial charge on any atom is 0.239 e. The predicted octanol–water partition coefficient (Wildman–Crippen LogP) is 2.90. The van der Waals surface area contributed by atoms with Crippen LogP contribution in [0.3, 0.4) is 0 Å². The van der Waals surface area contributed by atoms with E-state index in [0.717, 1.165) is 55.5 Å². The van der Waals surface area contributed by atoms with Crippen LogP contribution in [0.1, 0.15) is 55.5 Å². The van der Waals surface area contributed by atoms with Crippen molar-refractivity contribution in [3.05, 3.63) is 17.0 Å². The van der Waals surface area contributed by atoms with Crippen molar-refractivity contribution < 1.29 is 9.32 Å². The summed E-state index contributed by atoms with van der Waals surface area (Å²) in [6.07, 6.45) is 7.54. The predicted molar refractivity (Wildman–Crippen MR) is 91.4 cm³/mol. The number of nitrogens with zero attached hydrogens (tertiary/aromatic N) is 3. The number of likely N-dealkylation sites (tertiary alicyclic amines) is 2. The van der Waals surface area contributed by atoms with Crippen molar-refractivity contribution in [3.8, 4) is 0 Å². The second-order valence-corrected chi connectivity index (χ2v) is 8.07. The second kappa shape index (κ2) is 6.51. The molecule has 132 valence electrons. The van der Waals surface area contributed by atoms with Crippen molar-refractivity contribution in [1.29, 1.82) is 0 Å². The Morgan fingerprint density at radius 3 is 2.71 bits per heavy atom. The monoisotopic (exact) mass is 331 g/mol. The van der Waals surface area contributed by atoms with Crippen LogP contribution in [0.4, 0.5) is 0 Å². The molecule has 1 aliphatic carbocycles. The molecular formula is C19H29N3O2. The molecule has 5 nitrogen and oxygen atoms in total. The molecule has 2 atom stereocenters. The number of hydrogen-bond acceptors (Lipinski definition) is 4. The van der Waals surface area contributed by atoms with Gasteiger partial charge in [-0.15, -0.1) is 0 Å². The molecule has 0 unspecified atom stereocenters. The maximum atomic E-state index is 13.1. The third kappa shape index (κ3) is 2.99. The first-order valence-corrected chi connectivity index (χ1v) is 9.56. The lowest BCUT2D eigenvalue weighted by atomic mass is 9.85. The fourth-order valence-corrected chi connectivity index (χ4v) is 4.91. The number of fused-ring (bicyclic) bond motifs is 2. The Hall–Kier alpha value is -1.36. The molecule has 24 heavy (non-hydrogen) atoms. The van der Waals surface area contributed by atoms with E-state index < -0.39 is 0 Å². The van der Waals surface area contributed by atoms with Gasteiger partial charge in [-0.3, -0.25) is 9.69 Å². The largest absolute Gasteiger partial charge is 0.361 e. The summed E-state index contributed by atoms with van der Waals surface area (Å²) in [5.74, 6) is 2.68. The van der Waals surface area contributed by atoms with Crippen LogP contribution in [0.5, 0.6) is 0 Å². The van der Waals surface area contributed by atoms with Crippen LogP contribution in [-0.2, 0) is 11.3 Å². The van der Waals surface area contributed by atoms with Crippen molar-refractivity contribution in [1.82, 2.24) is 15.0 Å². The van der Waals surface area contributed by atoms with Gasteiger partial charge in [0, 0.05) is 25.2 Å². The highest BCUT2D eigenvalue weighted by Gasteiger charge is 2.42. The normalized spacial score (nSPS) is 28.8. The van der Waals surface area contributed by atoms with Crippen molar-refractivity contribution in [2.75, 3.05) is 19.6 Å². The molecule has 2 aliphatic heterocycles. The third-order valence-corrected chi connectivity index (χ3v) is 6.39. The highest BCUT2D eigenvalue weighted by Crippen LogP contribution is 2.34. The lowest BCUT2D eigenvalue weighted by Gasteiger charge is -2.47. The molecule has 1 amide bonds. The Labute approximate surface area is 144 Å². The summed E-state index contributed by atoms with van der Waals surface area (Å²) in [6, 6.07) is 0.0626. The zero-order valence-electron chi connectivity index (χ0n) is 15.0. The van der Waals surface area contributed by atoms with E-state index in [1.54, 1.807) is 0 Å². The number of hydrogen-bond donors (Lipinski definition) is 0. The topological polar surface area (TPSA) is 49.6 Å². The second-order valence-electron chi connectivity index (χ2n) is 8.07. The van der Waals surface area contributed by atoms with Gasteiger partial charge in [-0.25, -0.2) is 0 Å². The van der Waals surface area contributed by atoms with Crippen LogP contribution >= 0.6 is 0 Å². The third-order valence-electron chi connectivity index (χ3n) is 6.39. The molecular weight excluding hydrogens is 302 g/mol. The molecule has 1 saturated carbocycles. The molecule has 5 heteroatoms. The Morgan fingerprint density at radius 1 is 1.21 bits per heavy atom.